The van der Waals surface area contributed by atoms with Crippen LogP contribution in [0.15, 0.2) is 28.7 Å². The lowest BCUT2D eigenvalue weighted by Crippen LogP contribution is -2.01. The van der Waals surface area contributed by atoms with Gasteiger partial charge in [0, 0.05) is 0 Å². The standard InChI is InChI=1S/C9H8N4O/c10-5-8-11-12-9-13(8)6-3-1-2-4-7(6)14-9/h1-4H,5,10H2. The molecule has 5 nitrogen and oxygen atoms in total. The Hall–Kier alpha value is -1.88. The summed E-state index contributed by atoms with van der Waals surface area (Å²) in [4.78, 5) is 0. The highest BCUT2D eigenvalue weighted by molar-refractivity contribution is 5.76. The molecule has 0 spiro atoms. The van der Waals surface area contributed by atoms with Crippen LogP contribution in [0.2, 0.25) is 0 Å². The van der Waals surface area contributed by atoms with Crippen molar-refractivity contribution in [2.45, 2.75) is 6.54 Å². The lowest BCUT2D eigenvalue weighted by Gasteiger charge is -1.91. The van der Waals surface area contributed by atoms with Gasteiger partial charge in [0.25, 0.3) is 0 Å². The molecule has 2 aromatic heterocycles. The molecule has 0 saturated carbocycles. The van der Waals surface area contributed by atoms with Crippen molar-refractivity contribution in [2.75, 3.05) is 0 Å². The number of hydrogen-bond donors (Lipinski definition) is 1. The van der Waals surface area contributed by atoms with Crippen molar-refractivity contribution in [3.8, 4) is 0 Å². The van der Waals surface area contributed by atoms with E-state index in [0.29, 0.717) is 18.2 Å². The Morgan fingerprint density at radius 3 is 3.00 bits per heavy atom. The van der Waals surface area contributed by atoms with Gasteiger partial charge >= 0.3 is 5.84 Å². The van der Waals surface area contributed by atoms with Gasteiger partial charge in [0.05, 0.1) is 12.1 Å². The van der Waals surface area contributed by atoms with Crippen molar-refractivity contribution in [3.63, 3.8) is 0 Å². The van der Waals surface area contributed by atoms with Crippen LogP contribution in [0.25, 0.3) is 16.9 Å². The summed E-state index contributed by atoms with van der Waals surface area (Å²) >= 11 is 0. The van der Waals surface area contributed by atoms with E-state index in [1.54, 1.807) is 0 Å². The van der Waals surface area contributed by atoms with E-state index in [0.717, 1.165) is 11.1 Å². The van der Waals surface area contributed by atoms with Gasteiger partial charge < -0.3 is 10.2 Å². The fourth-order valence-corrected chi connectivity index (χ4v) is 1.57. The Morgan fingerprint density at radius 2 is 2.14 bits per heavy atom. The van der Waals surface area contributed by atoms with E-state index in [4.69, 9.17) is 10.2 Å². The van der Waals surface area contributed by atoms with Crippen LogP contribution in [0.4, 0.5) is 0 Å². The SMILES string of the molecule is NCc1nnc2oc3ccccc3n12. The third-order valence-corrected chi connectivity index (χ3v) is 2.19. The average Bonchev–Trinajstić information content (AvgIpc) is 2.75. The first kappa shape index (κ1) is 7.52. The third kappa shape index (κ3) is 0.816. The summed E-state index contributed by atoms with van der Waals surface area (Å²) in [5.74, 6) is 1.21. The minimum Gasteiger partial charge on any atom is -0.422 e. The molecule has 5 heteroatoms. The van der Waals surface area contributed by atoms with Crippen LogP contribution in [0, 0.1) is 0 Å². The van der Waals surface area contributed by atoms with Crippen LogP contribution in [-0.4, -0.2) is 14.6 Å². The molecule has 2 heterocycles. The molecule has 0 saturated heterocycles. The van der Waals surface area contributed by atoms with Crippen LogP contribution in [-0.2, 0) is 6.54 Å². The molecule has 0 aliphatic heterocycles. The minimum absolute atomic E-state index is 0.352. The monoisotopic (exact) mass is 188 g/mol. The second-order valence-electron chi connectivity index (χ2n) is 3.01. The molecule has 3 aromatic rings. The van der Waals surface area contributed by atoms with Crippen LogP contribution >= 0.6 is 0 Å². The van der Waals surface area contributed by atoms with Gasteiger partial charge in [-0.25, -0.2) is 4.40 Å². The summed E-state index contributed by atoms with van der Waals surface area (Å²) in [7, 11) is 0. The number of aromatic nitrogens is 3. The zero-order valence-electron chi connectivity index (χ0n) is 7.34. The van der Waals surface area contributed by atoms with Gasteiger partial charge in [0.1, 0.15) is 0 Å². The van der Waals surface area contributed by atoms with E-state index in [1.165, 1.54) is 0 Å². The molecule has 14 heavy (non-hydrogen) atoms. The number of benzene rings is 1. The van der Waals surface area contributed by atoms with Gasteiger partial charge in [-0.1, -0.05) is 17.2 Å². The van der Waals surface area contributed by atoms with Crippen molar-refractivity contribution >= 4 is 16.9 Å². The third-order valence-electron chi connectivity index (χ3n) is 2.19. The number of nitrogens with zero attached hydrogens (tertiary/aromatic N) is 3. The molecular weight excluding hydrogens is 180 g/mol. The zero-order valence-corrected chi connectivity index (χ0v) is 7.34. The number of fused-ring (bicyclic) bond motifs is 3. The fourth-order valence-electron chi connectivity index (χ4n) is 1.57. The van der Waals surface area contributed by atoms with Crippen LogP contribution in [0.3, 0.4) is 0 Å². The second-order valence-corrected chi connectivity index (χ2v) is 3.01. The highest BCUT2D eigenvalue weighted by Gasteiger charge is 2.11. The number of rotatable bonds is 1. The van der Waals surface area contributed by atoms with Crippen molar-refractivity contribution < 1.29 is 4.42 Å². The van der Waals surface area contributed by atoms with Gasteiger partial charge in [-0.3, -0.25) is 0 Å². The van der Waals surface area contributed by atoms with E-state index < -0.39 is 0 Å². The van der Waals surface area contributed by atoms with Crippen molar-refractivity contribution in [3.05, 3.63) is 30.1 Å². The van der Waals surface area contributed by atoms with Gasteiger partial charge in [0.15, 0.2) is 11.4 Å². The van der Waals surface area contributed by atoms with Crippen LogP contribution < -0.4 is 5.73 Å². The Bertz CT molecular complexity index is 595. The summed E-state index contributed by atoms with van der Waals surface area (Å²) in [6.45, 7) is 0.352. The Morgan fingerprint density at radius 1 is 1.29 bits per heavy atom. The highest BCUT2D eigenvalue weighted by atomic mass is 16.4. The van der Waals surface area contributed by atoms with Crippen molar-refractivity contribution in [2.24, 2.45) is 5.73 Å². The van der Waals surface area contributed by atoms with Gasteiger partial charge in [-0.2, -0.15) is 0 Å². The predicted octanol–water partition coefficient (Wildman–Crippen LogP) is 0.934. The molecule has 0 aliphatic rings. The first-order chi connectivity index (χ1) is 6.90. The zero-order chi connectivity index (χ0) is 9.54. The minimum atomic E-state index is 0.352. The van der Waals surface area contributed by atoms with Crippen molar-refractivity contribution in [1.82, 2.24) is 14.6 Å². The summed E-state index contributed by atoms with van der Waals surface area (Å²) < 4.78 is 7.30. The fraction of sp³-hybridized carbons (Fsp3) is 0.111. The van der Waals surface area contributed by atoms with Crippen LogP contribution in [0.5, 0.6) is 0 Å². The average molecular weight is 188 g/mol. The van der Waals surface area contributed by atoms with E-state index in [2.05, 4.69) is 10.2 Å². The largest absolute Gasteiger partial charge is 0.422 e. The Kier molecular flexibility index (Phi) is 1.37. The van der Waals surface area contributed by atoms with E-state index in [1.807, 2.05) is 28.7 Å². The first-order valence-corrected chi connectivity index (χ1v) is 4.32. The summed E-state index contributed by atoms with van der Waals surface area (Å²) in [5, 5.41) is 7.81. The molecule has 0 radical (unpaired) electrons. The molecule has 3 rings (SSSR count). The van der Waals surface area contributed by atoms with Crippen molar-refractivity contribution in [1.29, 1.82) is 0 Å². The maximum absolute atomic E-state index is 5.55. The molecular formula is C9H8N4O. The number of nitrogens with two attached hydrogens (primary N) is 1. The van der Waals surface area contributed by atoms with Gasteiger partial charge in [-0.15, -0.1) is 5.10 Å². The lowest BCUT2D eigenvalue weighted by atomic mass is 10.3. The maximum Gasteiger partial charge on any atom is 0.327 e. The maximum atomic E-state index is 5.55. The smallest absolute Gasteiger partial charge is 0.327 e. The molecule has 0 bridgehead atoms. The summed E-state index contributed by atoms with van der Waals surface area (Å²) in [6, 6.07) is 7.71. The first-order valence-electron chi connectivity index (χ1n) is 4.32. The molecule has 0 aliphatic carbocycles. The van der Waals surface area contributed by atoms with Gasteiger partial charge in [0.2, 0.25) is 0 Å². The van der Waals surface area contributed by atoms with E-state index in [9.17, 15) is 0 Å². The summed E-state index contributed by atoms with van der Waals surface area (Å²) in [6.07, 6.45) is 0. The molecule has 0 atom stereocenters. The molecule has 2 N–H and O–H groups in total. The van der Waals surface area contributed by atoms with Crippen LogP contribution in [0.1, 0.15) is 5.82 Å². The second kappa shape index (κ2) is 2.55. The number of hydrogen-bond acceptors (Lipinski definition) is 4. The van der Waals surface area contributed by atoms with E-state index in [-0.39, 0.29) is 0 Å². The number of para-hydroxylation sites is 2. The lowest BCUT2D eigenvalue weighted by molar-refractivity contribution is 0.637. The highest BCUT2D eigenvalue weighted by Crippen LogP contribution is 2.19. The Labute approximate surface area is 79.1 Å². The Balaban J connectivity index is 2.54. The normalized spacial score (nSPS) is 11.5. The molecule has 70 valence electrons. The predicted molar refractivity (Wildman–Crippen MR) is 50.7 cm³/mol. The van der Waals surface area contributed by atoms with E-state index >= 15 is 0 Å². The molecule has 0 amide bonds. The summed E-state index contributed by atoms with van der Waals surface area (Å²) in [5.41, 5.74) is 7.30. The molecule has 0 fully saturated rings. The molecule has 1 aromatic carbocycles. The van der Waals surface area contributed by atoms with Gasteiger partial charge in [-0.05, 0) is 12.1 Å². The number of oxazole rings is 1. The quantitative estimate of drug-likeness (QED) is 0.616. The molecule has 0 unspecified atom stereocenters. The topological polar surface area (TPSA) is 69.3 Å².